The van der Waals surface area contributed by atoms with E-state index in [0.29, 0.717) is 11.7 Å². The van der Waals surface area contributed by atoms with Crippen LogP contribution in [-0.2, 0) is 4.79 Å². The van der Waals surface area contributed by atoms with Crippen LogP contribution in [0.1, 0.15) is 29.3 Å². The molecule has 1 amide bonds. The molecular weight excluding hydrogens is 360 g/mol. The molecule has 1 aliphatic rings. The van der Waals surface area contributed by atoms with Crippen LogP contribution in [0.3, 0.4) is 0 Å². The van der Waals surface area contributed by atoms with Gasteiger partial charge in [-0.2, -0.15) is 0 Å². The summed E-state index contributed by atoms with van der Waals surface area (Å²) in [5.41, 5.74) is 2.35. The Morgan fingerprint density at radius 2 is 1.88 bits per heavy atom. The number of aryl methyl sites for hydroxylation is 1. The summed E-state index contributed by atoms with van der Waals surface area (Å²) in [6, 6.07) is 16.7. The number of benzene rings is 2. The largest absolute Gasteiger partial charge is 0.342 e. The highest BCUT2D eigenvalue weighted by molar-refractivity contribution is 8.00. The molecule has 4 rings (SSSR count). The van der Waals surface area contributed by atoms with Crippen molar-refractivity contribution >= 4 is 39.2 Å². The molecule has 2 heterocycles. The van der Waals surface area contributed by atoms with Gasteiger partial charge in [-0.15, -0.1) is 23.1 Å². The Hall–Kier alpha value is -1.85. The summed E-state index contributed by atoms with van der Waals surface area (Å²) in [4.78, 5) is 20.5. The van der Waals surface area contributed by atoms with Crippen LogP contribution in [0.4, 0.5) is 0 Å². The van der Waals surface area contributed by atoms with E-state index in [1.165, 1.54) is 15.3 Å². The predicted octanol–water partition coefficient (Wildman–Crippen LogP) is 5.10. The van der Waals surface area contributed by atoms with Crippen molar-refractivity contribution in [1.82, 2.24) is 9.88 Å². The van der Waals surface area contributed by atoms with Gasteiger partial charge < -0.3 is 4.90 Å². The lowest BCUT2D eigenvalue weighted by Crippen LogP contribution is -2.38. The van der Waals surface area contributed by atoms with Crippen molar-refractivity contribution < 1.29 is 4.79 Å². The molecule has 5 heteroatoms. The number of piperidine rings is 1. The third-order valence-corrected chi connectivity index (χ3v) is 7.09. The summed E-state index contributed by atoms with van der Waals surface area (Å²) in [6.45, 7) is 3.76. The molecule has 26 heavy (non-hydrogen) atoms. The van der Waals surface area contributed by atoms with E-state index in [4.69, 9.17) is 4.98 Å². The molecule has 0 saturated carbocycles. The zero-order valence-electron chi connectivity index (χ0n) is 14.9. The van der Waals surface area contributed by atoms with Crippen molar-refractivity contribution in [2.24, 2.45) is 0 Å². The molecular formula is C21H22N2OS2. The Kier molecular flexibility index (Phi) is 5.27. The van der Waals surface area contributed by atoms with Crippen LogP contribution < -0.4 is 0 Å². The summed E-state index contributed by atoms with van der Waals surface area (Å²) in [5.74, 6) is 1.26. The number of hydrogen-bond donors (Lipinski definition) is 0. The van der Waals surface area contributed by atoms with E-state index in [1.54, 1.807) is 23.1 Å². The first-order valence-corrected chi connectivity index (χ1v) is 10.8. The molecule has 0 N–H and O–H groups in total. The number of thiazole rings is 1. The number of likely N-dealkylation sites (tertiary alicyclic amines) is 1. The smallest absolute Gasteiger partial charge is 0.232 e. The van der Waals surface area contributed by atoms with E-state index < -0.39 is 0 Å². The normalized spacial score (nSPS) is 15.5. The molecule has 2 aromatic carbocycles. The highest BCUT2D eigenvalue weighted by atomic mass is 32.2. The molecule has 3 nitrogen and oxygen atoms in total. The monoisotopic (exact) mass is 382 g/mol. The Morgan fingerprint density at radius 1 is 1.15 bits per heavy atom. The Labute approximate surface area is 162 Å². The van der Waals surface area contributed by atoms with Crippen LogP contribution in [-0.4, -0.2) is 34.6 Å². The van der Waals surface area contributed by atoms with E-state index >= 15 is 0 Å². The van der Waals surface area contributed by atoms with Crippen molar-refractivity contribution in [2.75, 3.05) is 18.8 Å². The molecule has 0 spiro atoms. The minimum Gasteiger partial charge on any atom is -0.342 e. The van der Waals surface area contributed by atoms with E-state index in [2.05, 4.69) is 49.4 Å². The van der Waals surface area contributed by atoms with Crippen molar-refractivity contribution in [2.45, 2.75) is 30.6 Å². The van der Waals surface area contributed by atoms with E-state index in [0.717, 1.165) is 36.3 Å². The van der Waals surface area contributed by atoms with E-state index in [-0.39, 0.29) is 5.91 Å². The Morgan fingerprint density at radius 3 is 2.62 bits per heavy atom. The van der Waals surface area contributed by atoms with Gasteiger partial charge in [0.05, 0.1) is 21.0 Å². The van der Waals surface area contributed by atoms with Crippen LogP contribution in [0.15, 0.2) is 53.4 Å². The number of aromatic nitrogens is 1. The predicted molar refractivity (Wildman–Crippen MR) is 110 cm³/mol. The van der Waals surface area contributed by atoms with Gasteiger partial charge in [-0.3, -0.25) is 4.79 Å². The van der Waals surface area contributed by atoms with E-state index in [9.17, 15) is 4.79 Å². The first-order chi connectivity index (χ1) is 12.7. The fraction of sp³-hybridized carbons (Fsp3) is 0.333. The quantitative estimate of drug-likeness (QED) is 0.588. The molecule has 3 aromatic rings. The lowest BCUT2D eigenvalue weighted by molar-refractivity contribution is -0.129. The van der Waals surface area contributed by atoms with Gasteiger partial charge in [0, 0.05) is 23.9 Å². The van der Waals surface area contributed by atoms with Gasteiger partial charge >= 0.3 is 0 Å². The van der Waals surface area contributed by atoms with Crippen LogP contribution in [0, 0.1) is 6.92 Å². The zero-order valence-corrected chi connectivity index (χ0v) is 16.5. The third kappa shape index (κ3) is 3.94. The molecule has 1 saturated heterocycles. The van der Waals surface area contributed by atoms with Crippen LogP contribution in [0.2, 0.25) is 0 Å². The molecule has 1 aliphatic heterocycles. The van der Waals surface area contributed by atoms with Crippen molar-refractivity contribution in [3.63, 3.8) is 0 Å². The van der Waals surface area contributed by atoms with Gasteiger partial charge in [0.15, 0.2) is 0 Å². The lowest BCUT2D eigenvalue weighted by atomic mass is 9.97. The second-order valence-corrected chi connectivity index (χ2v) is 8.89. The fourth-order valence-electron chi connectivity index (χ4n) is 3.31. The maximum Gasteiger partial charge on any atom is 0.232 e. The van der Waals surface area contributed by atoms with Crippen LogP contribution in [0.5, 0.6) is 0 Å². The third-order valence-electron chi connectivity index (χ3n) is 4.89. The first kappa shape index (κ1) is 17.6. The number of fused-ring (bicyclic) bond motifs is 1. The lowest BCUT2D eigenvalue weighted by Gasteiger charge is -2.31. The maximum atomic E-state index is 12.5. The fourth-order valence-corrected chi connectivity index (χ4v) is 5.25. The van der Waals surface area contributed by atoms with Gasteiger partial charge in [0.1, 0.15) is 0 Å². The highest BCUT2D eigenvalue weighted by Gasteiger charge is 2.25. The van der Waals surface area contributed by atoms with Gasteiger partial charge in [-0.25, -0.2) is 4.98 Å². The van der Waals surface area contributed by atoms with Crippen molar-refractivity contribution in [3.8, 4) is 0 Å². The number of para-hydroxylation sites is 1. The molecule has 0 unspecified atom stereocenters. The van der Waals surface area contributed by atoms with E-state index in [1.807, 2.05) is 11.0 Å². The number of carbonyl (C=O) groups is 1. The minimum absolute atomic E-state index is 0.248. The second-order valence-electron chi connectivity index (χ2n) is 6.78. The summed E-state index contributed by atoms with van der Waals surface area (Å²) >= 11 is 3.43. The van der Waals surface area contributed by atoms with Crippen LogP contribution >= 0.6 is 23.1 Å². The van der Waals surface area contributed by atoms with Crippen molar-refractivity contribution in [1.29, 1.82) is 0 Å². The molecule has 0 bridgehead atoms. The minimum atomic E-state index is 0.248. The molecule has 0 radical (unpaired) electrons. The molecule has 0 aliphatic carbocycles. The summed E-state index contributed by atoms with van der Waals surface area (Å²) in [5, 5.41) is 1.23. The number of hydrogen-bond acceptors (Lipinski definition) is 4. The SMILES string of the molecule is Cc1ccc(SCC(=O)N2CCC(c3nc4ccccc4s3)CC2)cc1. The molecule has 0 atom stereocenters. The average molecular weight is 383 g/mol. The van der Waals surface area contributed by atoms with Gasteiger partial charge in [-0.05, 0) is 44.0 Å². The standard InChI is InChI=1S/C21H22N2OS2/c1-15-6-8-17(9-7-15)25-14-20(24)23-12-10-16(11-13-23)21-22-18-4-2-3-5-19(18)26-21/h2-9,16H,10-14H2,1H3. The van der Waals surface area contributed by atoms with Gasteiger partial charge in [0.2, 0.25) is 5.91 Å². The van der Waals surface area contributed by atoms with Crippen LogP contribution in [0.25, 0.3) is 10.2 Å². The van der Waals surface area contributed by atoms with Crippen molar-refractivity contribution in [3.05, 3.63) is 59.1 Å². The molecule has 1 aromatic heterocycles. The number of amides is 1. The summed E-state index contributed by atoms with van der Waals surface area (Å²) in [6.07, 6.45) is 2.03. The average Bonchev–Trinajstić information content (AvgIpc) is 3.12. The van der Waals surface area contributed by atoms with Gasteiger partial charge in [0.25, 0.3) is 0 Å². The number of rotatable bonds is 4. The maximum absolute atomic E-state index is 12.5. The summed E-state index contributed by atoms with van der Waals surface area (Å²) < 4.78 is 1.26. The Balaban J connectivity index is 1.31. The number of nitrogens with zero attached hydrogens (tertiary/aromatic N) is 2. The number of carbonyl (C=O) groups excluding carboxylic acids is 1. The highest BCUT2D eigenvalue weighted by Crippen LogP contribution is 2.34. The van der Waals surface area contributed by atoms with Gasteiger partial charge in [-0.1, -0.05) is 29.8 Å². The first-order valence-electron chi connectivity index (χ1n) is 9.02. The molecule has 134 valence electrons. The second kappa shape index (κ2) is 7.80. The Bertz CT molecular complexity index is 863. The zero-order chi connectivity index (χ0) is 17.9. The summed E-state index contributed by atoms with van der Waals surface area (Å²) in [7, 11) is 0. The number of thioether (sulfide) groups is 1. The topological polar surface area (TPSA) is 33.2 Å². The molecule has 1 fully saturated rings.